The van der Waals surface area contributed by atoms with Crippen molar-refractivity contribution in [2.24, 2.45) is 0 Å². The number of alkyl carbamates (subject to hydrolysis) is 1. The minimum absolute atomic E-state index is 0.0654. The average molecular weight is 495 g/mol. The van der Waals surface area contributed by atoms with Crippen molar-refractivity contribution in [3.05, 3.63) is 71.8 Å². The first-order valence-corrected chi connectivity index (χ1v) is 12.4. The zero-order valence-electron chi connectivity index (χ0n) is 20.5. The highest BCUT2D eigenvalue weighted by atomic mass is 16.5. The lowest BCUT2D eigenvalue weighted by Crippen LogP contribution is -2.56. The van der Waals surface area contributed by atoms with E-state index in [2.05, 4.69) is 10.6 Å². The van der Waals surface area contributed by atoms with E-state index in [4.69, 9.17) is 4.74 Å². The lowest BCUT2D eigenvalue weighted by Gasteiger charge is -2.30. The largest absolute Gasteiger partial charge is 0.475 e. The first-order valence-electron chi connectivity index (χ1n) is 12.4. The molecule has 9 nitrogen and oxygen atoms in total. The summed E-state index contributed by atoms with van der Waals surface area (Å²) in [6.07, 6.45) is 1.65. The number of likely N-dealkylation sites (tertiary alicyclic amines) is 1. The molecular weight excluding hydrogens is 461 g/mol. The van der Waals surface area contributed by atoms with E-state index in [1.165, 1.54) is 4.90 Å². The molecule has 3 atom stereocenters. The van der Waals surface area contributed by atoms with Gasteiger partial charge in [0, 0.05) is 13.0 Å². The van der Waals surface area contributed by atoms with Gasteiger partial charge in [-0.15, -0.1) is 0 Å². The summed E-state index contributed by atoms with van der Waals surface area (Å²) in [5.41, 5.74) is 1.67. The van der Waals surface area contributed by atoms with E-state index < -0.39 is 37.1 Å². The SMILES string of the molecule is CCCC(NC(=O)C1CCCN1C(=O)C(Cc1ccccc1)NC(=O)OCc1ccccc1)B(O)O. The molecule has 10 heteroatoms. The predicted molar refractivity (Wildman–Crippen MR) is 135 cm³/mol. The molecule has 192 valence electrons. The third-order valence-corrected chi connectivity index (χ3v) is 6.21. The number of hydrogen-bond donors (Lipinski definition) is 4. The van der Waals surface area contributed by atoms with Crippen molar-refractivity contribution < 1.29 is 29.2 Å². The van der Waals surface area contributed by atoms with E-state index in [-0.39, 0.29) is 18.9 Å². The first-order chi connectivity index (χ1) is 17.4. The molecule has 1 aliphatic heterocycles. The zero-order valence-corrected chi connectivity index (χ0v) is 20.5. The summed E-state index contributed by atoms with van der Waals surface area (Å²) in [6.45, 7) is 2.31. The molecule has 2 aromatic carbocycles. The average Bonchev–Trinajstić information content (AvgIpc) is 3.38. The summed E-state index contributed by atoms with van der Waals surface area (Å²) in [5.74, 6) is -1.63. The number of ether oxygens (including phenoxy) is 1. The molecule has 3 amide bonds. The second-order valence-electron chi connectivity index (χ2n) is 8.96. The van der Waals surface area contributed by atoms with E-state index in [0.717, 1.165) is 11.1 Å². The molecule has 0 bridgehead atoms. The van der Waals surface area contributed by atoms with Crippen molar-refractivity contribution in [3.63, 3.8) is 0 Å². The van der Waals surface area contributed by atoms with Crippen LogP contribution >= 0.6 is 0 Å². The van der Waals surface area contributed by atoms with Crippen LogP contribution in [0.3, 0.4) is 0 Å². The number of benzene rings is 2. The molecule has 0 saturated carbocycles. The minimum Gasteiger partial charge on any atom is -0.445 e. The van der Waals surface area contributed by atoms with Gasteiger partial charge in [-0.05, 0) is 30.4 Å². The third kappa shape index (κ3) is 7.83. The molecule has 4 N–H and O–H groups in total. The van der Waals surface area contributed by atoms with Gasteiger partial charge in [-0.1, -0.05) is 74.0 Å². The normalized spacial score (nSPS) is 16.6. The minimum atomic E-state index is -1.69. The highest BCUT2D eigenvalue weighted by molar-refractivity contribution is 6.43. The quantitative estimate of drug-likeness (QED) is 0.352. The van der Waals surface area contributed by atoms with Crippen molar-refractivity contribution in [3.8, 4) is 0 Å². The molecule has 1 aliphatic rings. The van der Waals surface area contributed by atoms with Gasteiger partial charge in [0.1, 0.15) is 18.7 Å². The summed E-state index contributed by atoms with van der Waals surface area (Å²) >= 11 is 0. The highest BCUT2D eigenvalue weighted by Gasteiger charge is 2.39. The molecule has 0 aliphatic carbocycles. The molecule has 3 rings (SSSR count). The summed E-state index contributed by atoms with van der Waals surface area (Å²) in [5, 5.41) is 24.5. The van der Waals surface area contributed by atoms with Gasteiger partial charge < -0.3 is 30.3 Å². The smallest absolute Gasteiger partial charge is 0.445 e. The summed E-state index contributed by atoms with van der Waals surface area (Å²) in [4.78, 5) is 40.6. The van der Waals surface area contributed by atoms with E-state index in [1.807, 2.05) is 67.6 Å². The Morgan fingerprint density at radius 2 is 1.67 bits per heavy atom. The molecule has 0 spiro atoms. The van der Waals surface area contributed by atoms with Gasteiger partial charge in [-0.2, -0.15) is 0 Å². The van der Waals surface area contributed by atoms with E-state index in [9.17, 15) is 24.4 Å². The Hall–Kier alpha value is -3.37. The van der Waals surface area contributed by atoms with Crippen LogP contribution in [0.4, 0.5) is 4.79 Å². The van der Waals surface area contributed by atoms with Gasteiger partial charge in [0.05, 0.1) is 5.94 Å². The van der Waals surface area contributed by atoms with E-state index >= 15 is 0 Å². The van der Waals surface area contributed by atoms with Gasteiger partial charge >= 0.3 is 13.2 Å². The lowest BCUT2D eigenvalue weighted by molar-refractivity contribution is -0.140. The maximum atomic E-state index is 13.6. The van der Waals surface area contributed by atoms with Crippen molar-refractivity contribution >= 4 is 25.0 Å². The summed E-state index contributed by atoms with van der Waals surface area (Å²) in [6, 6.07) is 16.8. The third-order valence-electron chi connectivity index (χ3n) is 6.21. The van der Waals surface area contributed by atoms with Gasteiger partial charge in [-0.25, -0.2) is 4.79 Å². The number of nitrogens with one attached hydrogen (secondary N) is 2. The van der Waals surface area contributed by atoms with Crippen molar-refractivity contribution in [2.45, 2.75) is 63.7 Å². The Labute approximate surface area is 212 Å². The van der Waals surface area contributed by atoms with Crippen molar-refractivity contribution in [1.82, 2.24) is 15.5 Å². The molecular formula is C26H34BN3O6. The number of nitrogens with zero attached hydrogens (tertiary/aromatic N) is 1. The Morgan fingerprint density at radius 1 is 1.03 bits per heavy atom. The Kier molecular flexibility index (Phi) is 10.3. The summed E-state index contributed by atoms with van der Waals surface area (Å²) in [7, 11) is -1.69. The summed E-state index contributed by atoms with van der Waals surface area (Å²) < 4.78 is 5.33. The van der Waals surface area contributed by atoms with Crippen LogP contribution in [0.25, 0.3) is 0 Å². The van der Waals surface area contributed by atoms with E-state index in [0.29, 0.717) is 32.2 Å². The fourth-order valence-electron chi connectivity index (χ4n) is 4.35. The molecule has 1 fully saturated rings. The van der Waals surface area contributed by atoms with Gasteiger partial charge in [-0.3, -0.25) is 9.59 Å². The van der Waals surface area contributed by atoms with Crippen LogP contribution in [0, 0.1) is 0 Å². The van der Waals surface area contributed by atoms with Crippen LogP contribution < -0.4 is 10.6 Å². The van der Waals surface area contributed by atoms with Crippen LogP contribution in [-0.2, 0) is 27.4 Å². The van der Waals surface area contributed by atoms with Gasteiger partial charge in [0.15, 0.2) is 0 Å². The number of hydrogen-bond acceptors (Lipinski definition) is 6. The molecule has 1 saturated heterocycles. The number of amides is 3. The van der Waals surface area contributed by atoms with Gasteiger partial charge in [0.2, 0.25) is 11.8 Å². The van der Waals surface area contributed by atoms with Crippen LogP contribution in [0.2, 0.25) is 0 Å². The molecule has 1 heterocycles. The molecule has 36 heavy (non-hydrogen) atoms. The van der Waals surface area contributed by atoms with Crippen LogP contribution in [0.15, 0.2) is 60.7 Å². The highest BCUT2D eigenvalue weighted by Crippen LogP contribution is 2.20. The fraction of sp³-hybridized carbons (Fsp3) is 0.423. The van der Waals surface area contributed by atoms with Crippen molar-refractivity contribution in [1.29, 1.82) is 0 Å². The Balaban J connectivity index is 1.71. The second kappa shape index (κ2) is 13.7. The fourth-order valence-corrected chi connectivity index (χ4v) is 4.35. The predicted octanol–water partition coefficient (Wildman–Crippen LogP) is 1.81. The molecule has 0 radical (unpaired) electrons. The Bertz CT molecular complexity index is 992. The maximum absolute atomic E-state index is 13.6. The van der Waals surface area contributed by atoms with E-state index in [1.54, 1.807) is 0 Å². The number of rotatable bonds is 11. The topological polar surface area (TPSA) is 128 Å². The van der Waals surface area contributed by atoms with Gasteiger partial charge in [0.25, 0.3) is 0 Å². The van der Waals surface area contributed by atoms with Crippen LogP contribution in [0.5, 0.6) is 0 Å². The Morgan fingerprint density at radius 3 is 2.28 bits per heavy atom. The number of carbonyl (C=O) groups excluding carboxylic acids is 3. The molecule has 3 unspecified atom stereocenters. The standard InChI is InChI=1S/C26H34BN3O6/c1-2-10-23(27(34)35)29-24(31)22-15-9-16-30(22)25(32)21(17-19-11-5-3-6-12-19)28-26(33)36-18-20-13-7-4-8-14-20/h3-8,11-14,21-23,34-35H,2,9-10,15-18H2,1H3,(H,28,33)(H,29,31). The van der Waals surface area contributed by atoms with Crippen LogP contribution in [0.1, 0.15) is 43.7 Å². The molecule has 2 aromatic rings. The van der Waals surface area contributed by atoms with Crippen molar-refractivity contribution in [2.75, 3.05) is 6.54 Å². The van der Waals surface area contributed by atoms with Crippen LogP contribution in [-0.4, -0.2) is 64.5 Å². The number of carbonyl (C=O) groups is 3. The first kappa shape index (κ1) is 27.2. The second-order valence-corrected chi connectivity index (χ2v) is 8.96. The zero-order chi connectivity index (χ0) is 25.9. The maximum Gasteiger partial charge on any atom is 0.475 e. The monoisotopic (exact) mass is 495 g/mol. The molecule has 0 aromatic heterocycles. The lowest BCUT2D eigenvalue weighted by atomic mass is 9.76.